The monoisotopic (exact) mass is 290 g/mol. The molecule has 2 heterocycles. The molecule has 0 unspecified atom stereocenters. The van der Waals surface area contributed by atoms with Crippen LogP contribution in [0.15, 0.2) is 24.3 Å². The zero-order valence-corrected chi connectivity index (χ0v) is 13.0. The molecule has 21 heavy (non-hydrogen) atoms. The maximum absolute atomic E-state index is 5.77. The second kappa shape index (κ2) is 7.25. The van der Waals surface area contributed by atoms with Crippen molar-refractivity contribution in [2.75, 3.05) is 57.4 Å². The maximum Gasteiger partial charge on any atom is 0.0936 e. The summed E-state index contributed by atoms with van der Waals surface area (Å²) >= 11 is 0. The largest absolute Gasteiger partial charge is 0.376 e. The number of rotatable bonds is 3. The van der Waals surface area contributed by atoms with Crippen LogP contribution < -0.4 is 4.90 Å². The van der Waals surface area contributed by atoms with Gasteiger partial charge < -0.3 is 14.4 Å². The van der Waals surface area contributed by atoms with Gasteiger partial charge in [0, 0.05) is 31.9 Å². The molecule has 1 aromatic carbocycles. The van der Waals surface area contributed by atoms with Gasteiger partial charge in [0.25, 0.3) is 0 Å². The van der Waals surface area contributed by atoms with Crippen molar-refractivity contribution in [3.05, 3.63) is 29.8 Å². The SMILES string of the molecule is Cc1ccccc1N1CCCN(C[C@H]2COCCO2)CC1. The number of nitrogens with zero attached hydrogens (tertiary/aromatic N) is 2. The van der Waals surface area contributed by atoms with Gasteiger partial charge in [-0.2, -0.15) is 0 Å². The van der Waals surface area contributed by atoms with Gasteiger partial charge in [0.15, 0.2) is 0 Å². The van der Waals surface area contributed by atoms with Gasteiger partial charge in [-0.05, 0) is 31.5 Å². The molecule has 0 N–H and O–H groups in total. The van der Waals surface area contributed by atoms with Crippen LogP contribution in [0.4, 0.5) is 5.69 Å². The van der Waals surface area contributed by atoms with Crippen molar-refractivity contribution in [1.82, 2.24) is 4.90 Å². The predicted molar refractivity (Wildman–Crippen MR) is 85.0 cm³/mol. The second-order valence-corrected chi connectivity index (χ2v) is 6.00. The molecule has 116 valence electrons. The zero-order chi connectivity index (χ0) is 14.5. The molecule has 4 heteroatoms. The van der Waals surface area contributed by atoms with Crippen LogP contribution in [0.3, 0.4) is 0 Å². The lowest BCUT2D eigenvalue weighted by atomic mass is 10.2. The fourth-order valence-corrected chi connectivity index (χ4v) is 3.24. The van der Waals surface area contributed by atoms with Gasteiger partial charge in [0.05, 0.1) is 25.9 Å². The number of aryl methyl sites for hydroxylation is 1. The fraction of sp³-hybridized carbons (Fsp3) is 0.647. The van der Waals surface area contributed by atoms with Crippen LogP contribution in [-0.4, -0.2) is 63.5 Å². The molecule has 2 fully saturated rings. The zero-order valence-electron chi connectivity index (χ0n) is 13.0. The Bertz CT molecular complexity index is 446. The Balaban J connectivity index is 1.55. The van der Waals surface area contributed by atoms with Gasteiger partial charge in [0.1, 0.15) is 0 Å². The standard InChI is InChI=1S/C17H26N2O2/c1-15-5-2-3-6-17(15)19-8-4-7-18(9-10-19)13-16-14-20-11-12-21-16/h2-3,5-6,16H,4,7-14H2,1H3/t16-/m0/s1. The minimum Gasteiger partial charge on any atom is -0.376 e. The first-order valence-electron chi connectivity index (χ1n) is 8.05. The van der Waals surface area contributed by atoms with E-state index < -0.39 is 0 Å². The Morgan fingerprint density at radius 1 is 1.10 bits per heavy atom. The predicted octanol–water partition coefficient (Wildman–Crippen LogP) is 1.92. The van der Waals surface area contributed by atoms with E-state index in [1.807, 2.05) is 0 Å². The van der Waals surface area contributed by atoms with Crippen molar-refractivity contribution >= 4 is 5.69 Å². The molecule has 0 amide bonds. The Labute approximate surface area is 127 Å². The van der Waals surface area contributed by atoms with E-state index in [1.165, 1.54) is 17.7 Å². The maximum atomic E-state index is 5.77. The summed E-state index contributed by atoms with van der Waals surface area (Å²) in [5.41, 5.74) is 2.76. The first kappa shape index (κ1) is 14.8. The topological polar surface area (TPSA) is 24.9 Å². The Morgan fingerprint density at radius 3 is 2.81 bits per heavy atom. The highest BCUT2D eigenvalue weighted by atomic mass is 16.6. The number of ether oxygens (including phenoxy) is 2. The molecular formula is C17H26N2O2. The minimum absolute atomic E-state index is 0.253. The number of para-hydroxylation sites is 1. The van der Waals surface area contributed by atoms with Crippen LogP contribution in [-0.2, 0) is 9.47 Å². The minimum atomic E-state index is 0.253. The van der Waals surface area contributed by atoms with Crippen LogP contribution in [0, 0.1) is 6.92 Å². The quantitative estimate of drug-likeness (QED) is 0.849. The summed E-state index contributed by atoms with van der Waals surface area (Å²) in [6.45, 7) is 9.94. The van der Waals surface area contributed by atoms with Gasteiger partial charge in [-0.3, -0.25) is 4.90 Å². The summed E-state index contributed by atoms with van der Waals surface area (Å²) in [7, 11) is 0. The lowest BCUT2D eigenvalue weighted by molar-refractivity contribution is -0.0970. The molecule has 0 radical (unpaired) electrons. The van der Waals surface area contributed by atoms with Gasteiger partial charge in [-0.1, -0.05) is 18.2 Å². The van der Waals surface area contributed by atoms with E-state index in [4.69, 9.17) is 9.47 Å². The highest BCUT2D eigenvalue weighted by molar-refractivity contribution is 5.53. The van der Waals surface area contributed by atoms with Crippen molar-refractivity contribution in [3.63, 3.8) is 0 Å². The van der Waals surface area contributed by atoms with Gasteiger partial charge >= 0.3 is 0 Å². The van der Waals surface area contributed by atoms with Crippen LogP contribution >= 0.6 is 0 Å². The molecular weight excluding hydrogens is 264 g/mol. The average Bonchev–Trinajstić information content (AvgIpc) is 2.74. The van der Waals surface area contributed by atoms with Gasteiger partial charge in [-0.15, -0.1) is 0 Å². The van der Waals surface area contributed by atoms with Crippen LogP contribution in [0.2, 0.25) is 0 Å². The van der Waals surface area contributed by atoms with E-state index in [0.29, 0.717) is 0 Å². The molecule has 0 saturated carbocycles. The number of hydrogen-bond acceptors (Lipinski definition) is 4. The average molecular weight is 290 g/mol. The molecule has 0 aliphatic carbocycles. The summed E-state index contributed by atoms with van der Waals surface area (Å²) < 4.78 is 11.3. The van der Waals surface area contributed by atoms with E-state index in [1.54, 1.807) is 0 Å². The molecule has 1 aromatic rings. The molecule has 3 rings (SSSR count). The molecule has 0 aromatic heterocycles. The van der Waals surface area contributed by atoms with Crippen LogP contribution in [0.1, 0.15) is 12.0 Å². The first-order valence-corrected chi connectivity index (χ1v) is 8.05. The molecule has 2 aliphatic heterocycles. The second-order valence-electron chi connectivity index (χ2n) is 6.00. The highest BCUT2D eigenvalue weighted by Gasteiger charge is 2.21. The third kappa shape index (κ3) is 3.96. The third-order valence-corrected chi connectivity index (χ3v) is 4.39. The highest BCUT2D eigenvalue weighted by Crippen LogP contribution is 2.21. The lowest BCUT2D eigenvalue weighted by Crippen LogP contribution is -2.41. The normalized spacial score (nSPS) is 24.8. The summed E-state index contributed by atoms with van der Waals surface area (Å²) in [4.78, 5) is 5.05. The molecule has 4 nitrogen and oxygen atoms in total. The van der Waals surface area contributed by atoms with Crippen molar-refractivity contribution < 1.29 is 9.47 Å². The van der Waals surface area contributed by atoms with Crippen molar-refractivity contribution in [3.8, 4) is 0 Å². The summed E-state index contributed by atoms with van der Waals surface area (Å²) in [5.74, 6) is 0. The summed E-state index contributed by atoms with van der Waals surface area (Å²) in [6, 6.07) is 8.69. The van der Waals surface area contributed by atoms with Crippen molar-refractivity contribution in [2.24, 2.45) is 0 Å². The molecule has 0 bridgehead atoms. The van der Waals surface area contributed by atoms with Gasteiger partial charge in [-0.25, -0.2) is 0 Å². The number of hydrogen-bond donors (Lipinski definition) is 0. The van der Waals surface area contributed by atoms with Gasteiger partial charge in [0.2, 0.25) is 0 Å². The molecule has 1 atom stereocenters. The Morgan fingerprint density at radius 2 is 2.00 bits per heavy atom. The molecule has 0 spiro atoms. The van der Waals surface area contributed by atoms with E-state index >= 15 is 0 Å². The lowest BCUT2D eigenvalue weighted by Gasteiger charge is -2.29. The summed E-state index contributed by atoms with van der Waals surface area (Å²) in [5, 5.41) is 0. The first-order chi connectivity index (χ1) is 10.3. The number of anilines is 1. The summed E-state index contributed by atoms with van der Waals surface area (Å²) in [6.07, 6.45) is 1.46. The van der Waals surface area contributed by atoms with Crippen molar-refractivity contribution in [2.45, 2.75) is 19.4 Å². The van der Waals surface area contributed by atoms with Crippen LogP contribution in [0.5, 0.6) is 0 Å². The Hall–Kier alpha value is -1.10. The molecule has 2 aliphatic rings. The number of benzene rings is 1. The molecule has 2 saturated heterocycles. The third-order valence-electron chi connectivity index (χ3n) is 4.39. The fourth-order valence-electron chi connectivity index (χ4n) is 3.24. The van der Waals surface area contributed by atoms with E-state index in [-0.39, 0.29) is 6.10 Å². The van der Waals surface area contributed by atoms with E-state index in [2.05, 4.69) is 41.0 Å². The van der Waals surface area contributed by atoms with Crippen molar-refractivity contribution in [1.29, 1.82) is 0 Å². The van der Waals surface area contributed by atoms with E-state index in [9.17, 15) is 0 Å². The van der Waals surface area contributed by atoms with Crippen LogP contribution in [0.25, 0.3) is 0 Å². The van der Waals surface area contributed by atoms with E-state index in [0.717, 1.165) is 52.5 Å². The smallest absolute Gasteiger partial charge is 0.0936 e. The Kier molecular flexibility index (Phi) is 5.12.